The Kier molecular flexibility index (Phi) is 8.64. The first-order valence-electron chi connectivity index (χ1n) is 8.14. The van der Waals surface area contributed by atoms with Gasteiger partial charge in [0.05, 0.1) is 13.2 Å². The molecule has 0 spiro atoms. The molecular weight excluding hydrogens is 338 g/mol. The molecule has 0 bridgehead atoms. The molecule has 0 aromatic heterocycles. The van der Waals surface area contributed by atoms with Gasteiger partial charge in [0.25, 0.3) is 0 Å². The lowest BCUT2D eigenvalue weighted by molar-refractivity contribution is -0.306. The fourth-order valence-electron chi connectivity index (χ4n) is 2.32. The van der Waals surface area contributed by atoms with Gasteiger partial charge in [0.1, 0.15) is 30.5 Å². The molecule has 1 heterocycles. The summed E-state index contributed by atoms with van der Waals surface area (Å²) in [7, 11) is 0. The Balaban J connectivity index is 2.60. The van der Waals surface area contributed by atoms with Crippen molar-refractivity contribution in [3.63, 3.8) is 0 Å². The molecule has 0 aliphatic carbocycles. The summed E-state index contributed by atoms with van der Waals surface area (Å²) in [5.74, 6) is -0.629. The Bertz CT molecular complexity index is 418. The van der Waals surface area contributed by atoms with Crippen molar-refractivity contribution in [1.82, 2.24) is 5.32 Å². The number of hydrogen-bond donors (Lipinski definition) is 7. The lowest BCUT2D eigenvalue weighted by Gasteiger charge is -2.41. The van der Waals surface area contributed by atoms with Gasteiger partial charge in [-0.3, -0.25) is 4.79 Å². The van der Waals surface area contributed by atoms with E-state index in [4.69, 9.17) is 19.7 Å². The number of ether oxygens (including phenoxy) is 2. The van der Waals surface area contributed by atoms with Gasteiger partial charge in [-0.2, -0.15) is 0 Å². The Morgan fingerprint density at radius 3 is 2.40 bits per heavy atom. The highest BCUT2D eigenvalue weighted by Gasteiger charge is 2.45. The van der Waals surface area contributed by atoms with Crippen molar-refractivity contribution in [1.29, 1.82) is 0 Å². The van der Waals surface area contributed by atoms with E-state index in [1.165, 1.54) is 0 Å². The third-order valence-electron chi connectivity index (χ3n) is 4.09. The van der Waals surface area contributed by atoms with Crippen molar-refractivity contribution >= 4 is 5.91 Å². The number of hydrogen-bond acceptors (Lipinski definition) is 9. The molecule has 3 unspecified atom stereocenters. The second-order valence-electron chi connectivity index (χ2n) is 6.77. The molecule has 6 atom stereocenters. The molecule has 1 aliphatic rings. The predicted octanol–water partition coefficient (Wildman–Crippen LogP) is -3.31. The summed E-state index contributed by atoms with van der Waals surface area (Å²) in [6.07, 6.45) is -8.10. The van der Waals surface area contributed by atoms with E-state index < -0.39 is 54.7 Å². The first kappa shape index (κ1) is 22.2. The Labute approximate surface area is 146 Å². The lowest BCUT2D eigenvalue weighted by Crippen LogP contribution is -2.59. The van der Waals surface area contributed by atoms with Crippen LogP contribution in [0.1, 0.15) is 20.3 Å². The standard InChI is InChI=1S/C15H29NO9/c1-15(2,12(22)13(23)16-4-3-5-17)7-24-14-11(21)10(20)9(19)8(6-18)25-14/h8-12,14,17-22H,3-7H2,1-2H3,(H,16,23)/t8?,9-,10?,11?,12-,14+/m0/s1. The van der Waals surface area contributed by atoms with Gasteiger partial charge < -0.3 is 45.4 Å². The van der Waals surface area contributed by atoms with Crippen LogP contribution in [0, 0.1) is 5.41 Å². The number of carbonyl (C=O) groups excluding carboxylic acids is 1. The third-order valence-corrected chi connectivity index (χ3v) is 4.09. The van der Waals surface area contributed by atoms with Crippen LogP contribution >= 0.6 is 0 Å². The fraction of sp³-hybridized carbons (Fsp3) is 0.933. The minimum atomic E-state index is -1.56. The third kappa shape index (κ3) is 5.83. The van der Waals surface area contributed by atoms with Gasteiger partial charge in [-0.25, -0.2) is 0 Å². The van der Waals surface area contributed by atoms with Gasteiger partial charge >= 0.3 is 0 Å². The van der Waals surface area contributed by atoms with E-state index in [-0.39, 0.29) is 19.8 Å². The van der Waals surface area contributed by atoms with Crippen LogP contribution in [0.4, 0.5) is 0 Å². The van der Waals surface area contributed by atoms with Crippen molar-refractivity contribution < 1.29 is 44.9 Å². The second kappa shape index (κ2) is 9.74. The molecule has 1 rings (SSSR count). The van der Waals surface area contributed by atoms with Crippen molar-refractivity contribution in [2.45, 2.75) is 57.1 Å². The van der Waals surface area contributed by atoms with Crippen LogP contribution in [0.2, 0.25) is 0 Å². The monoisotopic (exact) mass is 367 g/mol. The van der Waals surface area contributed by atoms with Gasteiger partial charge in [0, 0.05) is 18.6 Å². The van der Waals surface area contributed by atoms with Crippen LogP contribution in [-0.4, -0.2) is 99.7 Å². The van der Waals surface area contributed by atoms with Gasteiger partial charge in [-0.15, -0.1) is 0 Å². The largest absolute Gasteiger partial charge is 0.396 e. The van der Waals surface area contributed by atoms with Crippen molar-refractivity contribution in [3.8, 4) is 0 Å². The molecule has 10 heteroatoms. The van der Waals surface area contributed by atoms with Crippen molar-refractivity contribution in [2.24, 2.45) is 5.41 Å². The summed E-state index contributed by atoms with van der Waals surface area (Å²) < 4.78 is 10.6. The summed E-state index contributed by atoms with van der Waals surface area (Å²) in [4.78, 5) is 11.9. The number of nitrogens with one attached hydrogen (secondary N) is 1. The normalized spacial score (nSPS) is 31.6. The molecule has 148 valence electrons. The predicted molar refractivity (Wildman–Crippen MR) is 84.2 cm³/mol. The highest BCUT2D eigenvalue weighted by atomic mass is 16.7. The molecule has 0 aromatic rings. The zero-order valence-electron chi connectivity index (χ0n) is 14.4. The van der Waals surface area contributed by atoms with Gasteiger partial charge in [0.2, 0.25) is 5.91 Å². The number of aliphatic hydroxyl groups is 6. The highest BCUT2D eigenvalue weighted by molar-refractivity contribution is 5.81. The number of rotatable bonds is 9. The molecule has 1 fully saturated rings. The van der Waals surface area contributed by atoms with E-state index in [1.54, 1.807) is 13.8 Å². The zero-order valence-corrected chi connectivity index (χ0v) is 14.4. The molecule has 0 saturated carbocycles. The first-order chi connectivity index (χ1) is 11.7. The summed E-state index contributed by atoms with van der Waals surface area (Å²) >= 11 is 0. The van der Waals surface area contributed by atoms with E-state index in [1.807, 2.05) is 0 Å². The van der Waals surface area contributed by atoms with Crippen LogP contribution in [0.15, 0.2) is 0 Å². The molecule has 25 heavy (non-hydrogen) atoms. The SMILES string of the molecule is CC(C)(CO[C@@H]1OC(CO)[C@H](O)C(O)C1O)[C@@H](O)C(=O)NCCCO. The van der Waals surface area contributed by atoms with E-state index in [2.05, 4.69) is 5.32 Å². The van der Waals surface area contributed by atoms with E-state index in [0.717, 1.165) is 0 Å². The second-order valence-corrected chi connectivity index (χ2v) is 6.77. The summed E-state index contributed by atoms with van der Waals surface area (Å²) in [6.45, 7) is 2.48. The number of carbonyl (C=O) groups is 1. The molecular formula is C15H29NO9. The maximum atomic E-state index is 11.9. The molecule has 0 radical (unpaired) electrons. The molecule has 0 aromatic carbocycles. The Morgan fingerprint density at radius 1 is 1.20 bits per heavy atom. The average Bonchev–Trinajstić information content (AvgIpc) is 2.58. The maximum Gasteiger partial charge on any atom is 0.249 e. The average molecular weight is 367 g/mol. The van der Waals surface area contributed by atoms with Crippen molar-refractivity contribution in [3.05, 3.63) is 0 Å². The maximum absolute atomic E-state index is 11.9. The minimum absolute atomic E-state index is 0.0833. The van der Waals surface area contributed by atoms with Crippen LogP contribution in [0.3, 0.4) is 0 Å². The Morgan fingerprint density at radius 2 is 1.84 bits per heavy atom. The molecule has 1 aliphatic heterocycles. The van der Waals surface area contributed by atoms with Gasteiger partial charge in [-0.05, 0) is 6.42 Å². The zero-order chi connectivity index (χ0) is 19.2. The number of aliphatic hydroxyl groups excluding tert-OH is 6. The van der Waals surface area contributed by atoms with E-state index in [9.17, 15) is 25.2 Å². The van der Waals surface area contributed by atoms with Crippen LogP contribution in [0.25, 0.3) is 0 Å². The van der Waals surface area contributed by atoms with Crippen LogP contribution < -0.4 is 5.32 Å². The van der Waals surface area contributed by atoms with E-state index in [0.29, 0.717) is 6.42 Å². The van der Waals surface area contributed by atoms with Crippen molar-refractivity contribution in [2.75, 3.05) is 26.4 Å². The van der Waals surface area contributed by atoms with E-state index >= 15 is 0 Å². The molecule has 1 saturated heterocycles. The minimum Gasteiger partial charge on any atom is -0.396 e. The highest BCUT2D eigenvalue weighted by Crippen LogP contribution is 2.26. The van der Waals surface area contributed by atoms with Gasteiger partial charge in [0.15, 0.2) is 6.29 Å². The summed E-state index contributed by atoms with van der Waals surface area (Å²) in [6, 6.07) is 0. The van der Waals surface area contributed by atoms with Crippen LogP contribution in [-0.2, 0) is 14.3 Å². The topological polar surface area (TPSA) is 169 Å². The fourth-order valence-corrected chi connectivity index (χ4v) is 2.32. The summed E-state index contributed by atoms with van der Waals surface area (Å²) in [5, 5.41) is 59.8. The lowest BCUT2D eigenvalue weighted by atomic mass is 9.87. The molecule has 10 nitrogen and oxygen atoms in total. The first-order valence-corrected chi connectivity index (χ1v) is 8.14. The summed E-state index contributed by atoms with van der Waals surface area (Å²) in [5.41, 5.74) is -1.05. The number of amides is 1. The van der Waals surface area contributed by atoms with Crippen LogP contribution in [0.5, 0.6) is 0 Å². The quantitative estimate of drug-likeness (QED) is 0.206. The molecule has 7 N–H and O–H groups in total. The smallest absolute Gasteiger partial charge is 0.249 e. The van der Waals surface area contributed by atoms with Gasteiger partial charge in [-0.1, -0.05) is 13.8 Å². The Hall–Kier alpha value is -0.850. The molecule has 1 amide bonds.